The van der Waals surface area contributed by atoms with E-state index in [2.05, 4.69) is 58.9 Å². The van der Waals surface area contributed by atoms with E-state index in [0.717, 1.165) is 18.1 Å². The van der Waals surface area contributed by atoms with Gasteiger partial charge in [0.1, 0.15) is 11.4 Å². The smallest absolute Gasteiger partial charge is 0.120 e. The Morgan fingerprint density at radius 2 is 1.62 bits per heavy atom. The van der Waals surface area contributed by atoms with Crippen molar-refractivity contribution in [2.24, 2.45) is 5.92 Å². The molecule has 0 bridgehead atoms. The summed E-state index contributed by atoms with van der Waals surface area (Å²) in [5, 5.41) is 0. The standard InChI is InChI=1S/C15H24O/c1-12(2)6-7-13-8-10-14(11-9-13)16-15(3,4)5/h8-12H,6-7H2,1-5H3. The van der Waals surface area contributed by atoms with Crippen molar-refractivity contribution in [2.75, 3.05) is 0 Å². The van der Waals surface area contributed by atoms with Crippen molar-refractivity contribution >= 4 is 0 Å². The van der Waals surface area contributed by atoms with Crippen LogP contribution in [-0.2, 0) is 6.42 Å². The second-order valence-corrected chi connectivity index (χ2v) is 5.79. The first kappa shape index (κ1) is 13.1. The van der Waals surface area contributed by atoms with Gasteiger partial charge >= 0.3 is 0 Å². The fraction of sp³-hybridized carbons (Fsp3) is 0.600. The third-order valence-electron chi connectivity index (χ3n) is 2.36. The molecule has 0 saturated carbocycles. The van der Waals surface area contributed by atoms with E-state index >= 15 is 0 Å². The van der Waals surface area contributed by atoms with Gasteiger partial charge in [0.25, 0.3) is 0 Å². The maximum absolute atomic E-state index is 5.78. The van der Waals surface area contributed by atoms with Gasteiger partial charge in [0.15, 0.2) is 0 Å². The summed E-state index contributed by atoms with van der Waals surface area (Å²) in [6, 6.07) is 8.48. The number of hydrogen-bond donors (Lipinski definition) is 0. The van der Waals surface area contributed by atoms with Gasteiger partial charge in [-0.1, -0.05) is 26.0 Å². The van der Waals surface area contributed by atoms with Gasteiger partial charge in [-0.3, -0.25) is 0 Å². The van der Waals surface area contributed by atoms with Crippen LogP contribution in [0, 0.1) is 5.92 Å². The first-order valence-electron chi connectivity index (χ1n) is 6.15. The van der Waals surface area contributed by atoms with Crippen molar-refractivity contribution < 1.29 is 4.74 Å². The Kier molecular flexibility index (Phi) is 4.40. The van der Waals surface area contributed by atoms with Gasteiger partial charge in [0, 0.05) is 0 Å². The lowest BCUT2D eigenvalue weighted by Gasteiger charge is -2.21. The highest BCUT2D eigenvalue weighted by atomic mass is 16.5. The molecule has 1 aromatic carbocycles. The minimum Gasteiger partial charge on any atom is -0.488 e. The zero-order chi connectivity index (χ0) is 12.2. The van der Waals surface area contributed by atoms with E-state index in [4.69, 9.17) is 4.74 Å². The number of benzene rings is 1. The van der Waals surface area contributed by atoms with E-state index in [1.807, 2.05) is 0 Å². The molecule has 90 valence electrons. The Balaban J connectivity index is 2.54. The summed E-state index contributed by atoms with van der Waals surface area (Å²) >= 11 is 0. The lowest BCUT2D eigenvalue weighted by Crippen LogP contribution is -2.22. The lowest BCUT2D eigenvalue weighted by molar-refractivity contribution is 0.131. The van der Waals surface area contributed by atoms with Crippen LogP contribution in [0.1, 0.15) is 46.6 Å². The predicted molar refractivity (Wildman–Crippen MR) is 70.0 cm³/mol. The fourth-order valence-electron chi connectivity index (χ4n) is 1.53. The fourth-order valence-corrected chi connectivity index (χ4v) is 1.53. The largest absolute Gasteiger partial charge is 0.488 e. The third kappa shape index (κ3) is 5.20. The molecule has 16 heavy (non-hydrogen) atoms. The van der Waals surface area contributed by atoms with Crippen molar-refractivity contribution in [1.82, 2.24) is 0 Å². The summed E-state index contributed by atoms with van der Waals surface area (Å²) in [6.07, 6.45) is 2.41. The van der Waals surface area contributed by atoms with E-state index in [1.165, 1.54) is 12.0 Å². The summed E-state index contributed by atoms with van der Waals surface area (Å²) in [6.45, 7) is 10.7. The van der Waals surface area contributed by atoms with Crippen LogP contribution in [0.2, 0.25) is 0 Å². The second kappa shape index (κ2) is 5.38. The summed E-state index contributed by atoms with van der Waals surface area (Å²) in [5.41, 5.74) is 1.29. The van der Waals surface area contributed by atoms with E-state index in [9.17, 15) is 0 Å². The molecule has 0 fully saturated rings. The highest BCUT2D eigenvalue weighted by Gasteiger charge is 2.11. The molecule has 0 aliphatic heterocycles. The van der Waals surface area contributed by atoms with Crippen molar-refractivity contribution in [3.8, 4) is 5.75 Å². The van der Waals surface area contributed by atoms with E-state index in [0.29, 0.717) is 0 Å². The second-order valence-electron chi connectivity index (χ2n) is 5.79. The highest BCUT2D eigenvalue weighted by Crippen LogP contribution is 2.19. The SMILES string of the molecule is CC(C)CCc1ccc(OC(C)(C)C)cc1. The van der Waals surface area contributed by atoms with Crippen molar-refractivity contribution in [3.63, 3.8) is 0 Å². The third-order valence-corrected chi connectivity index (χ3v) is 2.36. The topological polar surface area (TPSA) is 9.23 Å². The van der Waals surface area contributed by atoms with Gasteiger partial charge in [-0.2, -0.15) is 0 Å². The quantitative estimate of drug-likeness (QED) is 0.728. The normalized spacial score (nSPS) is 11.9. The van der Waals surface area contributed by atoms with Gasteiger partial charge in [-0.25, -0.2) is 0 Å². The Hall–Kier alpha value is -0.980. The highest BCUT2D eigenvalue weighted by molar-refractivity contribution is 5.27. The first-order valence-corrected chi connectivity index (χ1v) is 6.15. The molecule has 0 aromatic heterocycles. The average Bonchev–Trinajstić information content (AvgIpc) is 2.14. The monoisotopic (exact) mass is 220 g/mol. The van der Waals surface area contributed by atoms with Crippen molar-refractivity contribution in [2.45, 2.75) is 53.1 Å². The maximum Gasteiger partial charge on any atom is 0.120 e. The molecule has 1 nitrogen and oxygen atoms in total. The van der Waals surface area contributed by atoms with Crippen molar-refractivity contribution in [3.05, 3.63) is 29.8 Å². The van der Waals surface area contributed by atoms with Crippen LogP contribution < -0.4 is 4.74 Å². The summed E-state index contributed by atoms with van der Waals surface area (Å²) in [7, 11) is 0. The Labute approximate surface area is 99.8 Å². The van der Waals surface area contributed by atoms with Gasteiger partial charge in [0.05, 0.1) is 0 Å². The van der Waals surface area contributed by atoms with Crippen LogP contribution in [-0.4, -0.2) is 5.60 Å². The number of rotatable bonds is 4. The molecular weight excluding hydrogens is 196 g/mol. The van der Waals surface area contributed by atoms with Crippen molar-refractivity contribution in [1.29, 1.82) is 0 Å². The molecule has 0 spiro atoms. The minimum absolute atomic E-state index is 0.112. The average molecular weight is 220 g/mol. The summed E-state index contributed by atoms with van der Waals surface area (Å²) < 4.78 is 5.78. The molecule has 1 heteroatoms. The zero-order valence-electron chi connectivity index (χ0n) is 11.2. The van der Waals surface area contributed by atoms with E-state index in [-0.39, 0.29) is 5.60 Å². The number of ether oxygens (including phenoxy) is 1. The molecule has 0 unspecified atom stereocenters. The zero-order valence-corrected chi connectivity index (χ0v) is 11.2. The Morgan fingerprint density at radius 1 is 1.06 bits per heavy atom. The molecule has 1 rings (SSSR count). The maximum atomic E-state index is 5.78. The van der Waals surface area contributed by atoms with Crippen LogP contribution in [0.15, 0.2) is 24.3 Å². The Bertz CT molecular complexity index is 303. The molecule has 0 radical (unpaired) electrons. The summed E-state index contributed by atoms with van der Waals surface area (Å²) in [4.78, 5) is 0. The minimum atomic E-state index is -0.112. The van der Waals surface area contributed by atoms with E-state index in [1.54, 1.807) is 0 Å². The van der Waals surface area contributed by atoms with E-state index < -0.39 is 0 Å². The van der Waals surface area contributed by atoms with Crippen LogP contribution in [0.4, 0.5) is 0 Å². The van der Waals surface area contributed by atoms with Gasteiger partial charge in [0.2, 0.25) is 0 Å². The molecule has 0 atom stereocenters. The molecule has 0 amide bonds. The number of aryl methyl sites for hydroxylation is 1. The molecule has 0 heterocycles. The van der Waals surface area contributed by atoms with Gasteiger partial charge in [-0.05, 0) is 57.2 Å². The van der Waals surface area contributed by atoms with Crippen LogP contribution in [0.5, 0.6) is 5.75 Å². The van der Waals surface area contributed by atoms with Crippen LogP contribution in [0.3, 0.4) is 0 Å². The molecule has 1 aromatic rings. The molecular formula is C15H24O. The lowest BCUT2D eigenvalue weighted by atomic mass is 10.0. The van der Waals surface area contributed by atoms with Gasteiger partial charge in [-0.15, -0.1) is 0 Å². The molecule has 0 aliphatic rings. The first-order chi connectivity index (χ1) is 7.37. The number of hydrogen-bond acceptors (Lipinski definition) is 1. The molecule has 0 saturated heterocycles. The molecule has 0 N–H and O–H groups in total. The molecule has 0 aliphatic carbocycles. The predicted octanol–water partition coefficient (Wildman–Crippen LogP) is 4.45. The summed E-state index contributed by atoms with van der Waals surface area (Å²) in [5.74, 6) is 1.73. The van der Waals surface area contributed by atoms with Crippen LogP contribution >= 0.6 is 0 Å². The van der Waals surface area contributed by atoms with Crippen LogP contribution in [0.25, 0.3) is 0 Å². The van der Waals surface area contributed by atoms with Gasteiger partial charge < -0.3 is 4.74 Å². The Morgan fingerprint density at radius 3 is 2.06 bits per heavy atom.